The molecule has 0 unspecified atom stereocenters. The quantitative estimate of drug-likeness (QED) is 0.538. The molecule has 0 atom stereocenters. The molecule has 20 heavy (non-hydrogen) atoms. The van der Waals surface area contributed by atoms with Crippen LogP contribution in [0.5, 0.6) is 11.5 Å². The molecule has 1 radical (unpaired) electrons. The van der Waals surface area contributed by atoms with Gasteiger partial charge in [0.15, 0.2) is 0 Å². The molecular formula is C16H14KO3. The summed E-state index contributed by atoms with van der Waals surface area (Å²) in [7, 11) is 0. The van der Waals surface area contributed by atoms with Crippen molar-refractivity contribution in [1.82, 2.24) is 0 Å². The zero-order chi connectivity index (χ0) is 13.2. The third-order valence-electron chi connectivity index (χ3n) is 3.19. The topological polar surface area (TPSA) is 35.5 Å². The Morgan fingerprint density at radius 2 is 1.90 bits per heavy atom. The summed E-state index contributed by atoms with van der Waals surface area (Å²) < 4.78 is 10.9. The smallest absolute Gasteiger partial charge is 0.338 e. The van der Waals surface area contributed by atoms with Gasteiger partial charge in [-0.3, -0.25) is 0 Å². The van der Waals surface area contributed by atoms with Crippen molar-refractivity contribution in [3.63, 3.8) is 0 Å². The number of carbonyl (C=O) groups excluding carboxylic acids is 1. The maximum absolute atomic E-state index is 12.0. The van der Waals surface area contributed by atoms with Gasteiger partial charge in [0.2, 0.25) is 0 Å². The minimum Gasteiger partial charge on any atom is -0.462 e. The fraction of sp³-hybridized carbons (Fsp3) is 0.188. The summed E-state index contributed by atoms with van der Waals surface area (Å²) in [5, 5.41) is 0. The van der Waals surface area contributed by atoms with E-state index >= 15 is 0 Å². The Hall–Kier alpha value is -0.654. The van der Waals surface area contributed by atoms with Crippen LogP contribution >= 0.6 is 0 Å². The number of ether oxygens (including phenoxy) is 2. The Morgan fingerprint density at radius 1 is 1.15 bits per heavy atom. The fourth-order valence-electron chi connectivity index (χ4n) is 2.30. The first-order valence-corrected chi connectivity index (χ1v) is 6.34. The number of hydrogen-bond donors (Lipinski definition) is 0. The molecule has 0 aromatic heterocycles. The molecule has 1 heterocycles. The standard InChI is InChI=1S/C16H14O3.K/c1-2-18-16(17)12-7-5-9-15-13(12)10-11-6-3-4-8-14(11)19-15;/h3-9H,2,10H2,1H3;. The first-order chi connectivity index (χ1) is 9.29. The molecule has 4 heteroatoms. The van der Waals surface area contributed by atoms with E-state index in [0.717, 1.165) is 22.6 Å². The molecule has 0 bridgehead atoms. The van der Waals surface area contributed by atoms with Crippen LogP contribution in [0.25, 0.3) is 0 Å². The summed E-state index contributed by atoms with van der Waals surface area (Å²) in [4.78, 5) is 12.0. The Morgan fingerprint density at radius 3 is 2.70 bits per heavy atom. The van der Waals surface area contributed by atoms with E-state index in [1.807, 2.05) is 36.4 Å². The second-order valence-corrected chi connectivity index (χ2v) is 4.39. The number of para-hydroxylation sites is 1. The molecule has 0 aliphatic carbocycles. The van der Waals surface area contributed by atoms with Crippen LogP contribution in [-0.2, 0) is 11.2 Å². The van der Waals surface area contributed by atoms with Crippen LogP contribution in [0, 0.1) is 0 Å². The Labute approximate surface area is 160 Å². The monoisotopic (exact) mass is 293 g/mol. The van der Waals surface area contributed by atoms with Gasteiger partial charge in [0.25, 0.3) is 0 Å². The van der Waals surface area contributed by atoms with E-state index in [-0.39, 0.29) is 57.4 Å². The average molecular weight is 293 g/mol. The molecule has 0 N–H and O–H groups in total. The van der Waals surface area contributed by atoms with Crippen LogP contribution in [0.4, 0.5) is 0 Å². The van der Waals surface area contributed by atoms with Crippen molar-refractivity contribution in [3.05, 3.63) is 59.2 Å². The number of carbonyl (C=O) groups is 1. The molecule has 0 spiro atoms. The maximum atomic E-state index is 12.0. The summed E-state index contributed by atoms with van der Waals surface area (Å²) in [6, 6.07) is 13.4. The molecule has 1 aliphatic heterocycles. The number of hydrogen-bond acceptors (Lipinski definition) is 3. The number of fused-ring (bicyclic) bond motifs is 2. The van der Waals surface area contributed by atoms with Crippen LogP contribution in [0.15, 0.2) is 42.5 Å². The van der Waals surface area contributed by atoms with Gasteiger partial charge in [-0.25, -0.2) is 4.79 Å². The van der Waals surface area contributed by atoms with E-state index in [9.17, 15) is 4.79 Å². The molecule has 2 aromatic rings. The summed E-state index contributed by atoms with van der Waals surface area (Å²) >= 11 is 0. The molecule has 3 nitrogen and oxygen atoms in total. The zero-order valence-electron chi connectivity index (χ0n) is 11.7. The first-order valence-electron chi connectivity index (χ1n) is 6.34. The molecule has 3 rings (SSSR count). The normalized spacial score (nSPS) is 11.4. The Balaban J connectivity index is 0.00000147. The SMILES string of the molecule is CCOC(=O)c1cccc2c1Cc1ccccc1O2.[K]. The van der Waals surface area contributed by atoms with Gasteiger partial charge < -0.3 is 9.47 Å². The third-order valence-corrected chi connectivity index (χ3v) is 3.19. The predicted molar refractivity (Wildman–Crippen MR) is 77.5 cm³/mol. The van der Waals surface area contributed by atoms with Crippen molar-refractivity contribution >= 4 is 57.4 Å². The van der Waals surface area contributed by atoms with E-state index in [1.54, 1.807) is 13.0 Å². The summed E-state index contributed by atoms with van der Waals surface area (Å²) in [5.41, 5.74) is 2.58. The van der Waals surface area contributed by atoms with Crippen molar-refractivity contribution in [2.45, 2.75) is 13.3 Å². The maximum Gasteiger partial charge on any atom is 0.338 e. The number of benzene rings is 2. The molecule has 0 saturated heterocycles. The van der Waals surface area contributed by atoms with Gasteiger partial charge in [-0.2, -0.15) is 0 Å². The van der Waals surface area contributed by atoms with Crippen LogP contribution in [0.3, 0.4) is 0 Å². The minimum absolute atomic E-state index is 0. The van der Waals surface area contributed by atoms with Crippen LogP contribution < -0.4 is 4.74 Å². The summed E-state index contributed by atoms with van der Waals surface area (Å²) in [6.07, 6.45) is 0.695. The van der Waals surface area contributed by atoms with Crippen molar-refractivity contribution in [2.24, 2.45) is 0 Å². The van der Waals surface area contributed by atoms with Gasteiger partial charge in [-0.1, -0.05) is 24.3 Å². The van der Waals surface area contributed by atoms with E-state index < -0.39 is 0 Å². The van der Waals surface area contributed by atoms with Gasteiger partial charge in [0.1, 0.15) is 11.5 Å². The Bertz CT molecular complexity index is 637. The molecule has 1 aliphatic rings. The molecular weight excluding hydrogens is 279 g/mol. The predicted octanol–water partition coefficient (Wildman–Crippen LogP) is 3.18. The van der Waals surface area contributed by atoms with Gasteiger partial charge in [0, 0.05) is 63.4 Å². The van der Waals surface area contributed by atoms with Crippen molar-refractivity contribution in [1.29, 1.82) is 0 Å². The molecule has 2 aromatic carbocycles. The summed E-state index contributed by atoms with van der Waals surface area (Å²) in [6.45, 7) is 2.18. The summed E-state index contributed by atoms with van der Waals surface area (Å²) in [5.74, 6) is 1.31. The number of rotatable bonds is 2. The van der Waals surface area contributed by atoms with Gasteiger partial charge in [-0.05, 0) is 30.7 Å². The van der Waals surface area contributed by atoms with E-state index in [0.29, 0.717) is 18.6 Å². The third kappa shape index (κ3) is 2.99. The second-order valence-electron chi connectivity index (χ2n) is 4.39. The molecule has 0 fully saturated rings. The minimum atomic E-state index is -0.290. The van der Waals surface area contributed by atoms with Gasteiger partial charge in [-0.15, -0.1) is 0 Å². The molecule has 0 saturated carbocycles. The van der Waals surface area contributed by atoms with E-state index in [1.165, 1.54) is 0 Å². The first kappa shape index (κ1) is 15.7. The van der Waals surface area contributed by atoms with E-state index in [2.05, 4.69) is 0 Å². The van der Waals surface area contributed by atoms with E-state index in [4.69, 9.17) is 9.47 Å². The Kier molecular flexibility index (Phi) is 5.40. The molecule has 0 amide bonds. The fourth-order valence-corrected chi connectivity index (χ4v) is 2.30. The van der Waals surface area contributed by atoms with Crippen LogP contribution in [0.1, 0.15) is 28.4 Å². The van der Waals surface area contributed by atoms with Gasteiger partial charge in [0.05, 0.1) is 12.2 Å². The molecule has 97 valence electrons. The van der Waals surface area contributed by atoms with Crippen LogP contribution in [-0.4, -0.2) is 64.0 Å². The zero-order valence-corrected chi connectivity index (χ0v) is 14.8. The second kappa shape index (κ2) is 6.87. The van der Waals surface area contributed by atoms with Gasteiger partial charge >= 0.3 is 5.97 Å². The van der Waals surface area contributed by atoms with Crippen molar-refractivity contribution in [2.75, 3.05) is 6.61 Å². The van der Waals surface area contributed by atoms with Crippen molar-refractivity contribution < 1.29 is 14.3 Å². The average Bonchev–Trinajstić information content (AvgIpc) is 2.44. The number of esters is 1. The van der Waals surface area contributed by atoms with Crippen LogP contribution in [0.2, 0.25) is 0 Å². The van der Waals surface area contributed by atoms with Crippen molar-refractivity contribution in [3.8, 4) is 11.5 Å². The largest absolute Gasteiger partial charge is 0.462 e.